The van der Waals surface area contributed by atoms with E-state index in [0.717, 1.165) is 27.6 Å². The van der Waals surface area contributed by atoms with Crippen LogP contribution in [0, 0.1) is 0 Å². The number of rotatable bonds is 6. The van der Waals surface area contributed by atoms with Gasteiger partial charge in [0.1, 0.15) is 5.75 Å². The van der Waals surface area contributed by atoms with Crippen LogP contribution in [0.3, 0.4) is 0 Å². The summed E-state index contributed by atoms with van der Waals surface area (Å²) in [6.45, 7) is 2.53. The summed E-state index contributed by atoms with van der Waals surface area (Å²) < 4.78 is 5.38. The maximum atomic E-state index is 12.2. The van der Waals surface area contributed by atoms with E-state index in [-0.39, 0.29) is 12.3 Å². The minimum atomic E-state index is -0.403. The summed E-state index contributed by atoms with van der Waals surface area (Å²) in [7, 11) is 0. The Hall–Kier alpha value is -3.60. The molecule has 0 bridgehead atoms. The van der Waals surface area contributed by atoms with Crippen LogP contribution in [0.15, 0.2) is 72.8 Å². The molecule has 3 rings (SSSR count). The summed E-state index contributed by atoms with van der Waals surface area (Å²) in [5.74, 6) is 0.101. The average Bonchev–Trinajstić information content (AvgIpc) is 2.72. The van der Waals surface area contributed by atoms with Crippen molar-refractivity contribution >= 4 is 28.7 Å². The van der Waals surface area contributed by atoms with Crippen LogP contribution in [0.2, 0.25) is 0 Å². The molecule has 5 nitrogen and oxygen atoms in total. The first-order valence-electron chi connectivity index (χ1n) is 9.12. The van der Waals surface area contributed by atoms with Crippen LogP contribution in [0.5, 0.6) is 5.75 Å². The molecule has 28 heavy (non-hydrogen) atoms. The standard InChI is InChI=1S/C23H22N2O3/c1-2-28-20-13-10-17(11-14-20)12-15-22(26)24-25-23(27)16-19-8-5-7-18-6-3-4-9-21(18)19/h3-15H,2,16H2,1H3,(H,24,26)(H,25,27)/b15-12+. The topological polar surface area (TPSA) is 67.4 Å². The molecule has 0 aliphatic rings. The molecule has 2 N–H and O–H groups in total. The molecule has 5 heteroatoms. The summed E-state index contributed by atoms with van der Waals surface area (Å²) in [5.41, 5.74) is 6.62. The maximum absolute atomic E-state index is 12.2. The fourth-order valence-electron chi connectivity index (χ4n) is 2.85. The summed E-state index contributed by atoms with van der Waals surface area (Å²) in [6.07, 6.45) is 3.22. The highest BCUT2D eigenvalue weighted by Crippen LogP contribution is 2.18. The van der Waals surface area contributed by atoms with E-state index in [2.05, 4.69) is 10.9 Å². The van der Waals surface area contributed by atoms with Crippen molar-refractivity contribution in [2.45, 2.75) is 13.3 Å². The Morgan fingerprint density at radius 1 is 0.929 bits per heavy atom. The van der Waals surface area contributed by atoms with Crippen molar-refractivity contribution in [1.82, 2.24) is 10.9 Å². The zero-order valence-electron chi connectivity index (χ0n) is 15.6. The number of benzene rings is 3. The minimum absolute atomic E-state index is 0.185. The Bertz CT molecular complexity index is 989. The number of carbonyl (C=O) groups is 2. The van der Waals surface area contributed by atoms with Crippen molar-refractivity contribution in [2.24, 2.45) is 0 Å². The minimum Gasteiger partial charge on any atom is -0.494 e. The largest absolute Gasteiger partial charge is 0.494 e. The molecular formula is C23H22N2O3. The van der Waals surface area contributed by atoms with Crippen molar-refractivity contribution in [3.63, 3.8) is 0 Å². The second-order valence-electron chi connectivity index (χ2n) is 6.19. The van der Waals surface area contributed by atoms with Crippen molar-refractivity contribution in [3.05, 3.63) is 83.9 Å². The number of hydrogen-bond acceptors (Lipinski definition) is 3. The Morgan fingerprint density at radius 2 is 1.68 bits per heavy atom. The van der Waals surface area contributed by atoms with Gasteiger partial charge in [0.25, 0.3) is 5.91 Å². The van der Waals surface area contributed by atoms with Crippen LogP contribution in [0.1, 0.15) is 18.1 Å². The zero-order valence-corrected chi connectivity index (χ0v) is 15.6. The molecule has 2 amide bonds. The number of hydrogen-bond donors (Lipinski definition) is 2. The van der Waals surface area contributed by atoms with Gasteiger partial charge in [-0.3, -0.25) is 20.4 Å². The average molecular weight is 374 g/mol. The quantitative estimate of drug-likeness (QED) is 0.511. The maximum Gasteiger partial charge on any atom is 0.262 e. The van der Waals surface area contributed by atoms with Gasteiger partial charge in [0.05, 0.1) is 13.0 Å². The van der Waals surface area contributed by atoms with E-state index in [1.807, 2.05) is 73.7 Å². The molecule has 3 aromatic carbocycles. The highest BCUT2D eigenvalue weighted by Gasteiger charge is 2.07. The Balaban J connectivity index is 1.51. The number of carbonyl (C=O) groups excluding carboxylic acids is 2. The van der Waals surface area contributed by atoms with Gasteiger partial charge in [-0.05, 0) is 47.0 Å². The Labute approximate surface area is 164 Å². The van der Waals surface area contributed by atoms with Crippen molar-refractivity contribution < 1.29 is 14.3 Å². The van der Waals surface area contributed by atoms with Crippen molar-refractivity contribution in [2.75, 3.05) is 6.61 Å². The van der Waals surface area contributed by atoms with E-state index in [9.17, 15) is 9.59 Å². The summed E-state index contributed by atoms with van der Waals surface area (Å²) in [4.78, 5) is 24.1. The molecule has 0 heterocycles. The van der Waals surface area contributed by atoms with E-state index in [4.69, 9.17) is 4.74 Å². The number of hydrazine groups is 1. The number of fused-ring (bicyclic) bond motifs is 1. The van der Waals surface area contributed by atoms with Gasteiger partial charge in [-0.15, -0.1) is 0 Å². The third-order valence-corrected chi connectivity index (χ3v) is 4.17. The number of nitrogens with one attached hydrogen (secondary N) is 2. The molecule has 0 spiro atoms. The molecule has 0 aromatic heterocycles. The van der Waals surface area contributed by atoms with Gasteiger partial charge in [0.2, 0.25) is 5.91 Å². The first kappa shape index (κ1) is 19.2. The lowest BCUT2D eigenvalue weighted by Gasteiger charge is -2.08. The van der Waals surface area contributed by atoms with Crippen LogP contribution >= 0.6 is 0 Å². The molecule has 0 unspecified atom stereocenters. The Kier molecular flexibility index (Phi) is 6.41. The van der Waals surface area contributed by atoms with Gasteiger partial charge in [0, 0.05) is 6.08 Å². The predicted octanol–water partition coefficient (Wildman–Crippen LogP) is 3.64. The number of ether oxygens (including phenoxy) is 1. The zero-order chi connectivity index (χ0) is 19.8. The van der Waals surface area contributed by atoms with E-state index in [1.54, 1.807) is 6.08 Å². The first-order valence-corrected chi connectivity index (χ1v) is 9.12. The van der Waals surface area contributed by atoms with Crippen LogP contribution in [-0.2, 0) is 16.0 Å². The van der Waals surface area contributed by atoms with Crippen LogP contribution in [0.4, 0.5) is 0 Å². The lowest BCUT2D eigenvalue weighted by Crippen LogP contribution is -2.41. The first-order chi connectivity index (χ1) is 13.7. The molecule has 142 valence electrons. The summed E-state index contributed by atoms with van der Waals surface area (Å²) in [6, 6.07) is 21.1. The fourth-order valence-corrected chi connectivity index (χ4v) is 2.85. The van der Waals surface area contributed by atoms with E-state index >= 15 is 0 Å². The third-order valence-electron chi connectivity index (χ3n) is 4.17. The van der Waals surface area contributed by atoms with Crippen molar-refractivity contribution in [3.8, 4) is 5.75 Å². The fraction of sp³-hybridized carbons (Fsp3) is 0.130. The molecule has 0 aliphatic heterocycles. The molecule has 0 atom stereocenters. The second kappa shape index (κ2) is 9.37. The van der Waals surface area contributed by atoms with Gasteiger partial charge in [-0.1, -0.05) is 54.6 Å². The van der Waals surface area contributed by atoms with Crippen LogP contribution < -0.4 is 15.6 Å². The third kappa shape index (κ3) is 5.20. The predicted molar refractivity (Wildman–Crippen MR) is 111 cm³/mol. The van der Waals surface area contributed by atoms with Crippen LogP contribution in [0.25, 0.3) is 16.8 Å². The molecule has 3 aromatic rings. The lowest BCUT2D eigenvalue weighted by molar-refractivity contribution is -0.126. The molecule has 0 fully saturated rings. The summed E-state index contributed by atoms with van der Waals surface area (Å²) in [5, 5.41) is 2.11. The van der Waals surface area contributed by atoms with Gasteiger partial charge in [-0.2, -0.15) is 0 Å². The number of amides is 2. The summed E-state index contributed by atoms with van der Waals surface area (Å²) >= 11 is 0. The van der Waals surface area contributed by atoms with E-state index in [1.165, 1.54) is 6.08 Å². The normalized spacial score (nSPS) is 10.8. The van der Waals surface area contributed by atoms with Crippen LogP contribution in [-0.4, -0.2) is 18.4 Å². The van der Waals surface area contributed by atoms with E-state index < -0.39 is 5.91 Å². The van der Waals surface area contributed by atoms with Gasteiger partial charge in [0.15, 0.2) is 0 Å². The highest BCUT2D eigenvalue weighted by atomic mass is 16.5. The molecule has 0 saturated heterocycles. The molecular weight excluding hydrogens is 352 g/mol. The Morgan fingerprint density at radius 3 is 2.46 bits per heavy atom. The lowest BCUT2D eigenvalue weighted by atomic mass is 10.0. The van der Waals surface area contributed by atoms with Gasteiger partial charge >= 0.3 is 0 Å². The molecule has 0 radical (unpaired) electrons. The monoisotopic (exact) mass is 374 g/mol. The SMILES string of the molecule is CCOc1ccc(/C=C/C(=O)NNC(=O)Cc2cccc3ccccc23)cc1. The van der Waals surface area contributed by atoms with Gasteiger partial charge in [-0.25, -0.2) is 0 Å². The smallest absolute Gasteiger partial charge is 0.262 e. The van der Waals surface area contributed by atoms with Crippen molar-refractivity contribution in [1.29, 1.82) is 0 Å². The highest BCUT2D eigenvalue weighted by molar-refractivity contribution is 5.94. The van der Waals surface area contributed by atoms with Gasteiger partial charge < -0.3 is 4.74 Å². The van der Waals surface area contributed by atoms with E-state index in [0.29, 0.717) is 6.61 Å². The second-order valence-corrected chi connectivity index (χ2v) is 6.19. The molecule has 0 aliphatic carbocycles. The molecule has 0 saturated carbocycles.